The first-order valence-electron chi connectivity index (χ1n) is 3.43. The summed E-state index contributed by atoms with van der Waals surface area (Å²) in [6, 6.07) is 3.02. The Morgan fingerprint density at radius 2 is 2.00 bits per heavy atom. The second-order valence-corrected chi connectivity index (χ2v) is 3.02. The number of fused-ring (bicyclic) bond motifs is 1. The summed E-state index contributed by atoms with van der Waals surface area (Å²) >= 11 is 5.67. The van der Waals surface area contributed by atoms with E-state index in [1.54, 1.807) is 12.1 Å². The Hall–Kier alpha value is -1.28. The third-order valence-corrected chi connectivity index (χ3v) is 1.99. The van der Waals surface area contributed by atoms with Crippen molar-refractivity contribution in [1.82, 2.24) is 0 Å². The molecule has 0 saturated carbocycles. The molecule has 1 aliphatic rings. The molecule has 0 radical (unpaired) electrons. The van der Waals surface area contributed by atoms with Crippen molar-refractivity contribution in [1.29, 1.82) is 0 Å². The largest absolute Gasteiger partial charge is 0.507 e. The molecule has 1 N–H and O–H groups in total. The monoisotopic (exact) mass is 180 g/mol. The molecular weight excluding hydrogens is 176 g/mol. The summed E-state index contributed by atoms with van der Waals surface area (Å²) in [6.07, 6.45) is 3.06. The first-order chi connectivity index (χ1) is 5.68. The zero-order valence-electron chi connectivity index (χ0n) is 6.04. The molecule has 1 aromatic carbocycles. The maximum atomic E-state index is 11.1. The normalized spacial score (nSPS) is 13.6. The van der Waals surface area contributed by atoms with Gasteiger partial charge in [-0.25, -0.2) is 0 Å². The molecule has 60 valence electrons. The third-order valence-electron chi connectivity index (χ3n) is 1.77. The number of hydrogen-bond donors (Lipinski definition) is 1. The van der Waals surface area contributed by atoms with Crippen molar-refractivity contribution in [2.24, 2.45) is 0 Å². The van der Waals surface area contributed by atoms with E-state index in [0.29, 0.717) is 16.1 Å². The molecule has 0 aliphatic heterocycles. The molecule has 3 heteroatoms. The van der Waals surface area contributed by atoms with E-state index in [-0.39, 0.29) is 11.5 Å². The fourth-order valence-corrected chi connectivity index (χ4v) is 1.48. The first kappa shape index (κ1) is 7.37. The quantitative estimate of drug-likeness (QED) is 0.665. The number of phenols is 1. The van der Waals surface area contributed by atoms with Gasteiger partial charge in [0.05, 0.1) is 5.56 Å². The summed E-state index contributed by atoms with van der Waals surface area (Å²) in [5, 5.41) is 9.77. The molecule has 0 unspecified atom stereocenters. The zero-order valence-corrected chi connectivity index (χ0v) is 6.80. The summed E-state index contributed by atoms with van der Waals surface area (Å²) in [7, 11) is 0. The lowest BCUT2D eigenvalue weighted by Crippen LogP contribution is -1.91. The minimum Gasteiger partial charge on any atom is -0.507 e. The highest BCUT2D eigenvalue weighted by atomic mass is 35.5. The van der Waals surface area contributed by atoms with Crippen LogP contribution in [0.1, 0.15) is 15.9 Å². The van der Waals surface area contributed by atoms with Crippen molar-refractivity contribution in [3.05, 3.63) is 34.4 Å². The van der Waals surface area contributed by atoms with Gasteiger partial charge in [-0.1, -0.05) is 17.7 Å². The SMILES string of the molecule is O=C1C=Cc2cc(Cl)cc(O)c21. The van der Waals surface area contributed by atoms with Crippen molar-refractivity contribution < 1.29 is 9.90 Å². The van der Waals surface area contributed by atoms with Crippen LogP contribution in [0, 0.1) is 0 Å². The highest BCUT2D eigenvalue weighted by Gasteiger charge is 2.18. The summed E-state index contributed by atoms with van der Waals surface area (Å²) in [6.45, 7) is 0. The maximum absolute atomic E-state index is 11.1. The van der Waals surface area contributed by atoms with Crippen molar-refractivity contribution in [2.45, 2.75) is 0 Å². The van der Waals surface area contributed by atoms with E-state index < -0.39 is 0 Å². The Labute approximate surface area is 74.1 Å². The van der Waals surface area contributed by atoms with E-state index in [9.17, 15) is 9.90 Å². The average Bonchev–Trinajstić information content (AvgIpc) is 2.31. The highest BCUT2D eigenvalue weighted by Crippen LogP contribution is 2.31. The number of carbonyl (C=O) groups is 1. The van der Waals surface area contributed by atoms with Gasteiger partial charge in [0.1, 0.15) is 5.75 Å². The highest BCUT2D eigenvalue weighted by molar-refractivity contribution is 6.31. The van der Waals surface area contributed by atoms with E-state index in [2.05, 4.69) is 0 Å². The Kier molecular flexibility index (Phi) is 1.45. The lowest BCUT2D eigenvalue weighted by Gasteiger charge is -2.00. The molecule has 2 rings (SSSR count). The van der Waals surface area contributed by atoms with Crippen LogP contribution in [-0.4, -0.2) is 10.9 Å². The summed E-state index contributed by atoms with van der Waals surface area (Å²) in [5.41, 5.74) is 1.03. The second kappa shape index (κ2) is 2.35. The van der Waals surface area contributed by atoms with Gasteiger partial charge in [0, 0.05) is 5.02 Å². The van der Waals surface area contributed by atoms with Crippen molar-refractivity contribution in [3.8, 4) is 5.75 Å². The molecule has 1 aromatic rings. The molecule has 2 nitrogen and oxygen atoms in total. The summed E-state index contributed by atoms with van der Waals surface area (Å²) in [4.78, 5) is 11.1. The van der Waals surface area contributed by atoms with Crippen LogP contribution in [0.2, 0.25) is 5.02 Å². The van der Waals surface area contributed by atoms with Gasteiger partial charge >= 0.3 is 0 Å². The number of allylic oxidation sites excluding steroid dienone is 1. The smallest absolute Gasteiger partial charge is 0.190 e. The van der Waals surface area contributed by atoms with E-state index in [4.69, 9.17) is 11.6 Å². The van der Waals surface area contributed by atoms with E-state index in [1.807, 2.05) is 0 Å². The fourth-order valence-electron chi connectivity index (χ4n) is 1.26. The van der Waals surface area contributed by atoms with Gasteiger partial charge in [-0.3, -0.25) is 4.79 Å². The van der Waals surface area contributed by atoms with Crippen LogP contribution in [0.3, 0.4) is 0 Å². The van der Waals surface area contributed by atoms with Gasteiger partial charge in [-0.2, -0.15) is 0 Å². The zero-order chi connectivity index (χ0) is 8.72. The van der Waals surface area contributed by atoms with Crippen LogP contribution >= 0.6 is 11.6 Å². The minimum absolute atomic E-state index is 0.0486. The Balaban J connectivity index is 2.74. The number of phenolic OH excluding ortho intramolecular Hbond substituents is 1. The van der Waals surface area contributed by atoms with Gasteiger partial charge < -0.3 is 5.11 Å². The Morgan fingerprint density at radius 1 is 1.25 bits per heavy atom. The van der Waals surface area contributed by atoms with E-state index in [0.717, 1.165) is 0 Å². The number of ketones is 1. The average molecular weight is 181 g/mol. The van der Waals surface area contributed by atoms with Crippen molar-refractivity contribution >= 4 is 23.5 Å². The molecule has 0 aromatic heterocycles. The Morgan fingerprint density at radius 3 is 2.75 bits per heavy atom. The van der Waals surface area contributed by atoms with Gasteiger partial charge in [0.2, 0.25) is 0 Å². The van der Waals surface area contributed by atoms with Gasteiger partial charge in [0.15, 0.2) is 5.78 Å². The van der Waals surface area contributed by atoms with Gasteiger partial charge in [-0.05, 0) is 23.8 Å². The summed E-state index contributed by atoms with van der Waals surface area (Å²) < 4.78 is 0. The van der Waals surface area contributed by atoms with Crippen LogP contribution in [-0.2, 0) is 0 Å². The molecule has 0 atom stereocenters. The van der Waals surface area contributed by atoms with Crippen LogP contribution < -0.4 is 0 Å². The Bertz CT molecular complexity index is 394. The first-order valence-corrected chi connectivity index (χ1v) is 3.81. The number of hydrogen-bond acceptors (Lipinski definition) is 2. The molecule has 0 spiro atoms. The van der Waals surface area contributed by atoms with Crippen LogP contribution in [0.5, 0.6) is 5.75 Å². The molecule has 0 heterocycles. The molecule has 0 saturated heterocycles. The predicted octanol–water partition coefficient (Wildman–Crippen LogP) is 2.26. The van der Waals surface area contributed by atoms with Crippen molar-refractivity contribution in [2.75, 3.05) is 0 Å². The number of benzene rings is 1. The number of carbonyl (C=O) groups excluding carboxylic acids is 1. The van der Waals surface area contributed by atoms with E-state index >= 15 is 0 Å². The lowest BCUT2D eigenvalue weighted by atomic mass is 10.1. The van der Waals surface area contributed by atoms with Crippen LogP contribution in [0.4, 0.5) is 0 Å². The molecule has 12 heavy (non-hydrogen) atoms. The molecule has 0 amide bonds. The van der Waals surface area contributed by atoms with Crippen molar-refractivity contribution in [3.63, 3.8) is 0 Å². The summed E-state index contributed by atoms with van der Waals surface area (Å²) in [5.74, 6) is -0.216. The topological polar surface area (TPSA) is 37.3 Å². The van der Waals surface area contributed by atoms with E-state index in [1.165, 1.54) is 12.1 Å². The third kappa shape index (κ3) is 0.924. The second-order valence-electron chi connectivity index (χ2n) is 2.59. The fraction of sp³-hybridized carbons (Fsp3) is 0. The maximum Gasteiger partial charge on any atom is 0.190 e. The predicted molar refractivity (Wildman–Crippen MR) is 46.5 cm³/mol. The minimum atomic E-state index is -0.167. The standard InChI is InChI=1S/C9H5ClO2/c10-6-3-5-1-2-7(11)9(5)8(12)4-6/h1-4,12H. The molecule has 0 fully saturated rings. The molecule has 0 bridgehead atoms. The van der Waals surface area contributed by atoms with Gasteiger partial charge in [-0.15, -0.1) is 0 Å². The molecule has 1 aliphatic carbocycles. The number of aromatic hydroxyl groups is 1. The van der Waals surface area contributed by atoms with Gasteiger partial charge in [0.25, 0.3) is 0 Å². The lowest BCUT2D eigenvalue weighted by molar-refractivity contribution is 0.104. The van der Waals surface area contributed by atoms with Crippen LogP contribution in [0.15, 0.2) is 18.2 Å². The number of halogens is 1. The van der Waals surface area contributed by atoms with Crippen LogP contribution in [0.25, 0.3) is 6.08 Å². The number of rotatable bonds is 0. The molecular formula is C9H5ClO2.